The van der Waals surface area contributed by atoms with E-state index in [0.29, 0.717) is 0 Å². The Hall–Kier alpha value is -3.26. The fraction of sp³-hybridized carbons (Fsp3) is 0.154. The zero-order chi connectivity index (χ0) is 19.6. The quantitative estimate of drug-likeness (QED) is 0.256. The molecule has 2 heteroatoms. The zero-order valence-corrected chi connectivity index (χ0v) is 16.5. The lowest BCUT2D eigenvalue weighted by atomic mass is 9.85. The van der Waals surface area contributed by atoms with Gasteiger partial charge >= 0.3 is 0 Å². The topological polar surface area (TPSA) is 52.0 Å². The second kappa shape index (κ2) is 5.62. The number of nitrogens with two attached hydrogens (primary N) is 2. The predicted octanol–water partition coefficient (Wildman–Crippen LogP) is 6.71. The van der Waals surface area contributed by atoms with Gasteiger partial charge in [0, 0.05) is 27.7 Å². The van der Waals surface area contributed by atoms with Crippen LogP contribution in [0.15, 0.2) is 66.7 Å². The molecule has 0 heterocycles. The van der Waals surface area contributed by atoms with Crippen LogP contribution in [-0.2, 0) is 5.41 Å². The second-order valence-electron chi connectivity index (χ2n) is 8.74. The first-order chi connectivity index (χ1) is 13.3. The molecule has 0 aliphatic heterocycles. The minimum atomic E-state index is 0.136. The van der Waals surface area contributed by atoms with Crippen molar-refractivity contribution in [3.63, 3.8) is 0 Å². The maximum absolute atomic E-state index is 6.69. The first-order valence-electron chi connectivity index (χ1n) is 9.71. The molecule has 5 aromatic carbocycles. The fourth-order valence-electron chi connectivity index (χ4n) is 4.31. The lowest BCUT2D eigenvalue weighted by Crippen LogP contribution is -2.10. The maximum Gasteiger partial charge on any atom is 0.0474 e. The van der Waals surface area contributed by atoms with Crippen molar-refractivity contribution in [2.75, 3.05) is 11.5 Å². The molecule has 5 aromatic rings. The highest BCUT2D eigenvalue weighted by molar-refractivity contribution is 6.28. The van der Waals surface area contributed by atoms with Crippen molar-refractivity contribution in [2.24, 2.45) is 0 Å². The lowest BCUT2D eigenvalue weighted by Gasteiger charge is -2.20. The standard InChI is InChI=1S/C26H24N2/c1-26(2,3)18-9-4-15(5-10-18)21-14-17-7-11-19-22(27)13-8-16-6-12-20(25(21)28)24(17)23(16)19/h4-14H,27-28H2,1-3H3. The highest BCUT2D eigenvalue weighted by atomic mass is 14.6. The van der Waals surface area contributed by atoms with Crippen LogP contribution in [0.5, 0.6) is 0 Å². The van der Waals surface area contributed by atoms with Gasteiger partial charge in [0.2, 0.25) is 0 Å². The first kappa shape index (κ1) is 16.9. The third-order valence-electron chi connectivity index (χ3n) is 5.92. The van der Waals surface area contributed by atoms with Gasteiger partial charge in [-0.05, 0) is 50.2 Å². The van der Waals surface area contributed by atoms with Gasteiger partial charge in [-0.3, -0.25) is 0 Å². The molecule has 0 saturated heterocycles. The smallest absolute Gasteiger partial charge is 0.0474 e. The van der Waals surface area contributed by atoms with Crippen LogP contribution in [-0.4, -0.2) is 0 Å². The van der Waals surface area contributed by atoms with Crippen LogP contribution in [0.1, 0.15) is 26.3 Å². The average Bonchev–Trinajstić information content (AvgIpc) is 2.68. The summed E-state index contributed by atoms with van der Waals surface area (Å²) in [5, 5.41) is 6.99. The molecule has 5 rings (SSSR count). The van der Waals surface area contributed by atoms with Gasteiger partial charge in [-0.1, -0.05) is 75.4 Å². The van der Waals surface area contributed by atoms with E-state index < -0.39 is 0 Å². The summed E-state index contributed by atoms with van der Waals surface area (Å²) in [7, 11) is 0. The summed E-state index contributed by atoms with van der Waals surface area (Å²) >= 11 is 0. The molecule has 0 bridgehead atoms. The number of benzene rings is 5. The molecule has 0 fully saturated rings. The molecule has 0 aromatic heterocycles. The van der Waals surface area contributed by atoms with E-state index in [4.69, 9.17) is 11.5 Å². The van der Waals surface area contributed by atoms with Crippen molar-refractivity contribution >= 4 is 43.7 Å². The zero-order valence-electron chi connectivity index (χ0n) is 16.5. The molecule has 0 amide bonds. The number of anilines is 2. The van der Waals surface area contributed by atoms with E-state index in [2.05, 4.69) is 81.4 Å². The Bertz CT molecular complexity index is 1340. The van der Waals surface area contributed by atoms with Gasteiger partial charge in [0.15, 0.2) is 0 Å². The molecule has 0 unspecified atom stereocenters. The van der Waals surface area contributed by atoms with Crippen molar-refractivity contribution in [2.45, 2.75) is 26.2 Å². The molecule has 0 radical (unpaired) electrons. The van der Waals surface area contributed by atoms with Gasteiger partial charge in [0.05, 0.1) is 0 Å². The summed E-state index contributed by atoms with van der Waals surface area (Å²) in [5.74, 6) is 0. The van der Waals surface area contributed by atoms with Crippen LogP contribution >= 0.6 is 0 Å². The number of rotatable bonds is 1. The molecule has 4 N–H and O–H groups in total. The number of nitrogen functional groups attached to an aromatic ring is 2. The van der Waals surface area contributed by atoms with Crippen LogP contribution in [0.25, 0.3) is 43.4 Å². The van der Waals surface area contributed by atoms with Crippen molar-refractivity contribution in [1.29, 1.82) is 0 Å². The minimum absolute atomic E-state index is 0.136. The SMILES string of the molecule is CC(C)(C)c1ccc(-c2cc3ccc4c(N)ccc5ccc(c2N)c3c54)cc1. The van der Waals surface area contributed by atoms with Crippen LogP contribution in [0.4, 0.5) is 11.4 Å². The third kappa shape index (κ3) is 2.34. The third-order valence-corrected chi connectivity index (χ3v) is 5.92. The van der Waals surface area contributed by atoms with Gasteiger partial charge in [0.25, 0.3) is 0 Å². The molecule has 0 aliphatic carbocycles. The normalized spacial score (nSPS) is 12.4. The van der Waals surface area contributed by atoms with Gasteiger partial charge in [-0.25, -0.2) is 0 Å². The monoisotopic (exact) mass is 364 g/mol. The minimum Gasteiger partial charge on any atom is -0.398 e. The summed E-state index contributed by atoms with van der Waals surface area (Å²) in [5.41, 5.74) is 18.3. The van der Waals surface area contributed by atoms with Gasteiger partial charge in [-0.15, -0.1) is 0 Å². The van der Waals surface area contributed by atoms with E-state index in [1.807, 2.05) is 6.07 Å². The molecule has 28 heavy (non-hydrogen) atoms. The van der Waals surface area contributed by atoms with E-state index in [-0.39, 0.29) is 5.41 Å². The van der Waals surface area contributed by atoms with Crippen LogP contribution in [0.2, 0.25) is 0 Å². The van der Waals surface area contributed by atoms with Crippen LogP contribution in [0, 0.1) is 0 Å². The van der Waals surface area contributed by atoms with Crippen molar-refractivity contribution in [3.05, 3.63) is 72.3 Å². The van der Waals surface area contributed by atoms with E-state index in [9.17, 15) is 0 Å². The maximum atomic E-state index is 6.69. The van der Waals surface area contributed by atoms with Crippen molar-refractivity contribution < 1.29 is 0 Å². The predicted molar refractivity (Wildman–Crippen MR) is 123 cm³/mol. The highest BCUT2D eigenvalue weighted by Crippen LogP contribution is 2.42. The van der Waals surface area contributed by atoms with Gasteiger partial charge < -0.3 is 11.5 Å². The van der Waals surface area contributed by atoms with E-state index in [0.717, 1.165) is 33.3 Å². The number of hydrogen-bond donors (Lipinski definition) is 2. The molecule has 138 valence electrons. The molecule has 0 spiro atoms. The summed E-state index contributed by atoms with van der Waals surface area (Å²) in [6.07, 6.45) is 0. The number of hydrogen-bond acceptors (Lipinski definition) is 2. The first-order valence-corrected chi connectivity index (χ1v) is 9.71. The molecule has 0 aliphatic rings. The van der Waals surface area contributed by atoms with Crippen LogP contribution in [0.3, 0.4) is 0 Å². The summed E-state index contributed by atoms with van der Waals surface area (Å²) in [6.45, 7) is 6.70. The molecule has 0 atom stereocenters. The van der Waals surface area contributed by atoms with Gasteiger partial charge in [0.1, 0.15) is 0 Å². The Labute approximate surface area is 165 Å². The Morgan fingerprint density at radius 2 is 1.25 bits per heavy atom. The Morgan fingerprint density at radius 1 is 0.643 bits per heavy atom. The van der Waals surface area contributed by atoms with E-state index >= 15 is 0 Å². The van der Waals surface area contributed by atoms with Crippen LogP contribution < -0.4 is 11.5 Å². The highest BCUT2D eigenvalue weighted by Gasteiger charge is 2.17. The van der Waals surface area contributed by atoms with E-state index in [1.165, 1.54) is 27.1 Å². The Balaban J connectivity index is 1.81. The molecular formula is C26H24N2. The van der Waals surface area contributed by atoms with Crippen molar-refractivity contribution in [1.82, 2.24) is 0 Å². The Morgan fingerprint density at radius 3 is 1.96 bits per heavy atom. The summed E-state index contributed by atoms with van der Waals surface area (Å²) in [4.78, 5) is 0. The second-order valence-corrected chi connectivity index (χ2v) is 8.74. The largest absolute Gasteiger partial charge is 0.398 e. The summed E-state index contributed by atoms with van der Waals surface area (Å²) < 4.78 is 0. The Kier molecular flexibility index (Phi) is 3.39. The molecule has 2 nitrogen and oxygen atoms in total. The fourth-order valence-corrected chi connectivity index (χ4v) is 4.31. The van der Waals surface area contributed by atoms with Crippen molar-refractivity contribution in [3.8, 4) is 11.1 Å². The average molecular weight is 364 g/mol. The lowest BCUT2D eigenvalue weighted by molar-refractivity contribution is 0.590. The van der Waals surface area contributed by atoms with Gasteiger partial charge in [-0.2, -0.15) is 0 Å². The molecule has 0 saturated carbocycles. The van der Waals surface area contributed by atoms with E-state index in [1.54, 1.807) is 0 Å². The molecular weight excluding hydrogens is 340 g/mol. The summed E-state index contributed by atoms with van der Waals surface area (Å²) in [6, 6.07) is 23.6.